The van der Waals surface area contributed by atoms with Crippen LogP contribution in [0.25, 0.3) is 0 Å². The molecule has 0 atom stereocenters. The molecule has 8 nitrogen and oxygen atoms in total. The molecule has 0 saturated carbocycles. The smallest absolute Gasteiger partial charge is 0.228 e. The fourth-order valence-corrected chi connectivity index (χ4v) is 5.72. The van der Waals surface area contributed by atoms with Gasteiger partial charge in [-0.15, -0.1) is 0 Å². The number of benzene rings is 1. The summed E-state index contributed by atoms with van der Waals surface area (Å²) in [5.41, 5.74) is 5.80. The van der Waals surface area contributed by atoms with Gasteiger partial charge in [0.1, 0.15) is 0 Å². The molecule has 3 fully saturated rings. The van der Waals surface area contributed by atoms with Crippen LogP contribution >= 0.6 is 0 Å². The van der Waals surface area contributed by atoms with Gasteiger partial charge in [-0.05, 0) is 93.9 Å². The number of anilines is 1. The van der Waals surface area contributed by atoms with Crippen LogP contribution in [-0.2, 0) is 16.1 Å². The average Bonchev–Trinajstić information content (AvgIpc) is 2.87. The molecule has 0 spiro atoms. The third kappa shape index (κ3) is 6.93. The number of likely N-dealkylation sites (tertiary alicyclic amines) is 1. The van der Waals surface area contributed by atoms with Crippen LogP contribution in [0.1, 0.15) is 36.8 Å². The number of nitrogens with one attached hydrogen (secondary N) is 2. The van der Waals surface area contributed by atoms with Crippen molar-refractivity contribution in [3.8, 4) is 0 Å². The van der Waals surface area contributed by atoms with Gasteiger partial charge in [0.05, 0.1) is 6.54 Å². The third-order valence-corrected chi connectivity index (χ3v) is 7.96. The number of carbonyl (C=O) groups excluding carboxylic acids is 2. The quantitative estimate of drug-likeness (QED) is 0.398. The molecule has 34 heavy (non-hydrogen) atoms. The summed E-state index contributed by atoms with van der Waals surface area (Å²) in [6.07, 6.45) is 6.56. The second kappa shape index (κ2) is 12.5. The van der Waals surface area contributed by atoms with E-state index in [2.05, 4.69) is 43.6 Å². The van der Waals surface area contributed by atoms with Crippen LogP contribution in [0.2, 0.25) is 0 Å². The topological polar surface area (TPSA) is 71.2 Å². The SMILES string of the molecule is Cc1ccc(N2CCN(CC3CCN(CC4CCNCC4)CC3)CC2)cc1CN(C=O)NC=O. The number of amides is 2. The second-order valence-electron chi connectivity index (χ2n) is 10.3. The molecule has 4 rings (SSSR count). The Morgan fingerprint density at radius 2 is 1.59 bits per heavy atom. The van der Waals surface area contributed by atoms with Crippen molar-refractivity contribution >= 4 is 18.5 Å². The summed E-state index contributed by atoms with van der Waals surface area (Å²) in [6, 6.07) is 6.44. The van der Waals surface area contributed by atoms with Crippen LogP contribution < -0.4 is 15.6 Å². The van der Waals surface area contributed by atoms with Crippen molar-refractivity contribution in [2.24, 2.45) is 11.8 Å². The maximum absolute atomic E-state index is 11.2. The zero-order valence-electron chi connectivity index (χ0n) is 20.8. The molecule has 2 amide bonds. The second-order valence-corrected chi connectivity index (χ2v) is 10.3. The molecule has 0 aliphatic carbocycles. The molecule has 2 N–H and O–H groups in total. The fourth-order valence-electron chi connectivity index (χ4n) is 5.72. The number of rotatable bonds is 10. The maximum Gasteiger partial charge on any atom is 0.228 e. The van der Waals surface area contributed by atoms with Crippen molar-refractivity contribution < 1.29 is 9.59 Å². The summed E-state index contributed by atoms with van der Waals surface area (Å²) >= 11 is 0. The standard InChI is InChI=1S/C26H42N6O2/c1-22-2-3-26(16-25(22)19-32(21-34)28-20-33)31-14-12-30(13-15-31)18-24-6-10-29(11-7-24)17-23-4-8-27-9-5-23/h2-3,16,20-21,23-24,27H,4-15,17-19H2,1H3,(H,28,33). The Hall–Kier alpha value is -2.16. The highest BCUT2D eigenvalue weighted by Gasteiger charge is 2.26. The van der Waals surface area contributed by atoms with Gasteiger partial charge in [0, 0.05) is 45.0 Å². The van der Waals surface area contributed by atoms with Crippen LogP contribution in [0.15, 0.2) is 18.2 Å². The highest BCUT2D eigenvalue weighted by molar-refractivity contribution is 5.56. The first-order valence-electron chi connectivity index (χ1n) is 13.1. The van der Waals surface area contributed by atoms with E-state index in [1.165, 1.54) is 75.6 Å². The van der Waals surface area contributed by atoms with Gasteiger partial charge in [0.25, 0.3) is 0 Å². The van der Waals surface area contributed by atoms with Gasteiger partial charge in [0.2, 0.25) is 12.8 Å². The molecular weight excluding hydrogens is 428 g/mol. The molecule has 0 bridgehead atoms. The highest BCUT2D eigenvalue weighted by Crippen LogP contribution is 2.24. The van der Waals surface area contributed by atoms with Gasteiger partial charge in [0.15, 0.2) is 0 Å². The van der Waals surface area contributed by atoms with Gasteiger partial charge in [-0.1, -0.05) is 6.07 Å². The van der Waals surface area contributed by atoms with Crippen LogP contribution in [0, 0.1) is 18.8 Å². The summed E-state index contributed by atoms with van der Waals surface area (Å²) < 4.78 is 0. The number of carbonyl (C=O) groups is 2. The van der Waals surface area contributed by atoms with Gasteiger partial charge >= 0.3 is 0 Å². The molecular formula is C26H42N6O2. The molecule has 0 aromatic heterocycles. The van der Waals surface area contributed by atoms with Crippen LogP contribution in [0.4, 0.5) is 5.69 Å². The van der Waals surface area contributed by atoms with E-state index in [1.807, 2.05) is 6.92 Å². The van der Waals surface area contributed by atoms with Crippen molar-refractivity contribution in [2.45, 2.75) is 39.2 Å². The minimum Gasteiger partial charge on any atom is -0.369 e. The number of hydrogen-bond acceptors (Lipinski definition) is 6. The van der Waals surface area contributed by atoms with Crippen molar-refractivity contribution in [1.82, 2.24) is 25.6 Å². The Morgan fingerprint density at radius 1 is 0.941 bits per heavy atom. The Kier molecular flexibility index (Phi) is 9.18. The normalized spacial score (nSPS) is 21.4. The molecule has 1 aromatic carbocycles. The lowest BCUT2D eigenvalue weighted by molar-refractivity contribution is -0.127. The molecule has 3 saturated heterocycles. The minimum absolute atomic E-state index is 0.373. The summed E-state index contributed by atoms with van der Waals surface area (Å²) in [5, 5.41) is 4.75. The van der Waals surface area contributed by atoms with E-state index in [9.17, 15) is 9.59 Å². The Morgan fingerprint density at radius 3 is 2.24 bits per heavy atom. The third-order valence-electron chi connectivity index (χ3n) is 7.96. The van der Waals surface area contributed by atoms with Crippen LogP contribution in [0.3, 0.4) is 0 Å². The predicted octanol–water partition coefficient (Wildman–Crippen LogP) is 1.45. The Labute approximate surface area is 204 Å². The number of piperazine rings is 1. The molecule has 8 heteroatoms. The van der Waals surface area contributed by atoms with Crippen molar-refractivity contribution in [1.29, 1.82) is 0 Å². The van der Waals surface area contributed by atoms with Crippen LogP contribution in [-0.4, -0.2) is 93.1 Å². The first kappa shape index (κ1) is 24.9. The van der Waals surface area contributed by atoms with E-state index in [4.69, 9.17) is 0 Å². The molecule has 0 unspecified atom stereocenters. The van der Waals surface area contributed by atoms with E-state index in [0.29, 0.717) is 19.4 Å². The van der Waals surface area contributed by atoms with Crippen molar-refractivity contribution in [2.75, 3.05) is 70.3 Å². The predicted molar refractivity (Wildman–Crippen MR) is 135 cm³/mol. The van der Waals surface area contributed by atoms with Crippen molar-refractivity contribution in [3.63, 3.8) is 0 Å². The number of hydrazine groups is 1. The Bertz CT molecular complexity index is 783. The zero-order valence-corrected chi connectivity index (χ0v) is 20.8. The Balaban J connectivity index is 1.20. The van der Waals surface area contributed by atoms with E-state index < -0.39 is 0 Å². The first-order chi connectivity index (χ1) is 16.6. The molecule has 1 aromatic rings. The summed E-state index contributed by atoms with van der Waals surface area (Å²) in [4.78, 5) is 29.7. The highest BCUT2D eigenvalue weighted by atomic mass is 16.2. The lowest BCUT2D eigenvalue weighted by Crippen LogP contribution is -2.49. The minimum atomic E-state index is 0.373. The molecule has 3 aliphatic heterocycles. The van der Waals surface area contributed by atoms with Gasteiger partial charge < -0.3 is 15.1 Å². The van der Waals surface area contributed by atoms with Crippen molar-refractivity contribution in [3.05, 3.63) is 29.3 Å². The first-order valence-corrected chi connectivity index (χ1v) is 13.1. The average molecular weight is 471 g/mol. The number of nitrogens with zero attached hydrogens (tertiary/aromatic N) is 4. The van der Waals surface area contributed by atoms with Gasteiger partial charge in [-0.25, -0.2) is 0 Å². The molecule has 3 heterocycles. The molecule has 0 radical (unpaired) electrons. The number of piperidine rings is 2. The monoisotopic (exact) mass is 470 g/mol. The number of aryl methyl sites for hydroxylation is 1. The molecule has 188 valence electrons. The van der Waals surface area contributed by atoms with E-state index in [-0.39, 0.29) is 0 Å². The fraction of sp³-hybridized carbons (Fsp3) is 0.692. The number of hydrogen-bond donors (Lipinski definition) is 2. The zero-order chi connectivity index (χ0) is 23.8. The van der Waals surface area contributed by atoms with E-state index >= 15 is 0 Å². The summed E-state index contributed by atoms with van der Waals surface area (Å²) in [5.74, 6) is 1.73. The summed E-state index contributed by atoms with van der Waals surface area (Å²) in [6.45, 7) is 14.2. The lowest BCUT2D eigenvalue weighted by atomic mass is 9.93. The van der Waals surface area contributed by atoms with Gasteiger partial charge in [-0.3, -0.25) is 24.9 Å². The lowest BCUT2D eigenvalue weighted by Gasteiger charge is -2.40. The van der Waals surface area contributed by atoms with Gasteiger partial charge in [-0.2, -0.15) is 0 Å². The molecule has 3 aliphatic rings. The largest absolute Gasteiger partial charge is 0.369 e. The maximum atomic E-state index is 11.2. The van der Waals surface area contributed by atoms with E-state index in [0.717, 1.165) is 49.1 Å². The van der Waals surface area contributed by atoms with Crippen LogP contribution in [0.5, 0.6) is 0 Å². The van der Waals surface area contributed by atoms with E-state index in [1.54, 1.807) is 0 Å². The summed E-state index contributed by atoms with van der Waals surface area (Å²) in [7, 11) is 0.